The maximum absolute atomic E-state index is 12.0. The molecule has 0 aliphatic heterocycles. The van der Waals surface area contributed by atoms with Crippen LogP contribution in [-0.4, -0.2) is 32.5 Å². The summed E-state index contributed by atoms with van der Waals surface area (Å²) in [5, 5.41) is 19.5. The first-order valence-corrected chi connectivity index (χ1v) is 7.36. The second-order valence-corrected chi connectivity index (χ2v) is 6.09. The number of hydrogen-bond donors (Lipinski definition) is 3. The number of aliphatic hydroxyl groups excluding tert-OH is 2. The number of halogens is 1. The molecular formula is C13H15BrN2O4. The maximum atomic E-state index is 12.0. The molecule has 0 saturated heterocycles. The minimum Gasteiger partial charge on any atom is -0.396 e. The first kappa shape index (κ1) is 13.8. The van der Waals surface area contributed by atoms with Crippen molar-refractivity contribution in [1.82, 2.24) is 9.55 Å². The molecule has 20 heavy (non-hydrogen) atoms. The van der Waals surface area contributed by atoms with Crippen molar-refractivity contribution in [3.05, 3.63) is 37.6 Å². The van der Waals surface area contributed by atoms with Crippen molar-refractivity contribution < 1.29 is 10.2 Å². The van der Waals surface area contributed by atoms with Gasteiger partial charge in [-0.15, -0.1) is 0 Å². The summed E-state index contributed by atoms with van der Waals surface area (Å²) in [7, 11) is 0. The molecule has 0 aromatic carbocycles. The van der Waals surface area contributed by atoms with Crippen molar-refractivity contribution in [3.63, 3.8) is 0 Å². The Balaban J connectivity index is 2.02. The van der Waals surface area contributed by atoms with Crippen LogP contribution in [0, 0.1) is 11.3 Å². The van der Waals surface area contributed by atoms with Crippen molar-refractivity contribution in [2.45, 2.75) is 25.0 Å². The van der Waals surface area contributed by atoms with Crippen molar-refractivity contribution in [1.29, 1.82) is 0 Å². The molecule has 3 N–H and O–H groups in total. The minimum atomic E-state index is -0.600. The van der Waals surface area contributed by atoms with Gasteiger partial charge in [0.1, 0.15) is 0 Å². The lowest BCUT2D eigenvalue weighted by atomic mass is 10.0. The van der Waals surface area contributed by atoms with Crippen molar-refractivity contribution in [2.24, 2.45) is 11.3 Å². The number of aromatic nitrogens is 2. The summed E-state index contributed by atoms with van der Waals surface area (Å²) < 4.78 is 1.47. The van der Waals surface area contributed by atoms with E-state index in [4.69, 9.17) is 0 Å². The van der Waals surface area contributed by atoms with Crippen LogP contribution in [-0.2, 0) is 0 Å². The fourth-order valence-corrected chi connectivity index (χ4v) is 3.69. The first-order chi connectivity index (χ1) is 9.53. The van der Waals surface area contributed by atoms with Crippen molar-refractivity contribution in [3.8, 4) is 0 Å². The molecule has 7 heteroatoms. The van der Waals surface area contributed by atoms with Gasteiger partial charge in [0, 0.05) is 17.7 Å². The fraction of sp³-hybridized carbons (Fsp3) is 0.538. The highest BCUT2D eigenvalue weighted by atomic mass is 79.9. The second kappa shape index (κ2) is 4.68. The Morgan fingerprint density at radius 3 is 2.85 bits per heavy atom. The van der Waals surface area contributed by atoms with E-state index in [9.17, 15) is 19.8 Å². The number of aliphatic hydroxyl groups is 2. The SMILES string of the molecule is O=c1[nH]c(=O)n([C@H]2C[C@H](O)[C@@]3(CO)C[C@H]23)cc1C=CBr. The van der Waals surface area contributed by atoms with Crippen LogP contribution in [0.5, 0.6) is 0 Å². The molecule has 0 amide bonds. The predicted octanol–water partition coefficient (Wildman–Crippen LogP) is 0.206. The summed E-state index contributed by atoms with van der Waals surface area (Å²) in [4.78, 5) is 27.5. The summed E-state index contributed by atoms with van der Waals surface area (Å²) in [6, 6.07) is -0.177. The first-order valence-electron chi connectivity index (χ1n) is 6.44. The third kappa shape index (κ3) is 1.84. The van der Waals surface area contributed by atoms with E-state index >= 15 is 0 Å². The lowest BCUT2D eigenvalue weighted by Gasteiger charge is -2.17. The summed E-state index contributed by atoms with van der Waals surface area (Å²) >= 11 is 3.10. The fourth-order valence-electron chi connectivity index (χ4n) is 3.41. The van der Waals surface area contributed by atoms with Crippen molar-refractivity contribution >= 4 is 22.0 Å². The van der Waals surface area contributed by atoms with Gasteiger partial charge in [-0.3, -0.25) is 14.3 Å². The zero-order chi connectivity index (χ0) is 14.5. The second-order valence-electron chi connectivity index (χ2n) is 5.56. The summed E-state index contributed by atoms with van der Waals surface area (Å²) in [5.41, 5.74) is -0.992. The minimum absolute atomic E-state index is 0.0679. The third-order valence-corrected chi connectivity index (χ3v) is 4.93. The lowest BCUT2D eigenvalue weighted by molar-refractivity contribution is 0.0599. The Bertz CT molecular complexity index is 680. The lowest BCUT2D eigenvalue weighted by Crippen LogP contribution is -2.33. The van der Waals surface area contributed by atoms with Gasteiger partial charge in [0.05, 0.1) is 18.3 Å². The molecule has 0 unspecified atom stereocenters. The van der Waals surface area contributed by atoms with Crippen LogP contribution in [0.4, 0.5) is 0 Å². The molecule has 4 atom stereocenters. The van der Waals surface area contributed by atoms with Crippen molar-refractivity contribution in [2.75, 3.05) is 6.61 Å². The largest absolute Gasteiger partial charge is 0.396 e. The van der Waals surface area contributed by atoms with Crippen LogP contribution in [0.25, 0.3) is 6.08 Å². The zero-order valence-corrected chi connectivity index (χ0v) is 12.2. The summed E-state index contributed by atoms with van der Waals surface area (Å²) in [6.45, 7) is -0.0679. The van der Waals surface area contributed by atoms with E-state index in [1.54, 1.807) is 11.1 Å². The predicted molar refractivity (Wildman–Crippen MR) is 76.6 cm³/mol. The smallest absolute Gasteiger partial charge is 0.328 e. The average molecular weight is 343 g/mol. The monoisotopic (exact) mass is 342 g/mol. The van der Waals surface area contributed by atoms with E-state index in [1.807, 2.05) is 0 Å². The highest BCUT2D eigenvalue weighted by Crippen LogP contribution is 2.66. The van der Waals surface area contributed by atoms with Gasteiger partial charge in [-0.05, 0) is 29.8 Å². The quantitative estimate of drug-likeness (QED) is 0.731. The van der Waals surface area contributed by atoms with E-state index < -0.39 is 22.8 Å². The topological polar surface area (TPSA) is 95.3 Å². The molecular weight excluding hydrogens is 328 g/mol. The molecule has 2 aliphatic rings. The summed E-state index contributed by atoms with van der Waals surface area (Å²) in [6.07, 6.45) is 3.62. The van der Waals surface area contributed by atoms with Gasteiger partial charge in [0.25, 0.3) is 5.56 Å². The van der Waals surface area contributed by atoms with E-state index in [-0.39, 0.29) is 18.6 Å². The molecule has 1 aromatic heterocycles. The highest BCUT2D eigenvalue weighted by molar-refractivity contribution is 9.11. The van der Waals surface area contributed by atoms with Crippen LogP contribution in [0.2, 0.25) is 0 Å². The molecule has 0 spiro atoms. The normalized spacial score (nSPS) is 35.5. The standard InChI is InChI=1S/C13H15BrN2O4/c14-2-1-7-5-16(12(20)15-11(7)19)9-3-10(18)13(6-17)4-8(9)13/h1-2,5,8-10,17-18H,3-4,6H2,(H,15,19,20)/t8-,9+,10+,13-/m1/s1. The molecule has 1 aromatic rings. The Labute approximate surface area is 122 Å². The number of nitrogens with one attached hydrogen (secondary N) is 1. The van der Waals surface area contributed by atoms with Crippen LogP contribution in [0.3, 0.4) is 0 Å². The van der Waals surface area contributed by atoms with Gasteiger partial charge in [0.2, 0.25) is 0 Å². The van der Waals surface area contributed by atoms with Crippen LogP contribution < -0.4 is 11.2 Å². The van der Waals surface area contributed by atoms with Gasteiger partial charge >= 0.3 is 5.69 Å². The Morgan fingerprint density at radius 2 is 2.30 bits per heavy atom. The molecule has 2 fully saturated rings. The number of fused-ring (bicyclic) bond motifs is 1. The van der Waals surface area contributed by atoms with Crippen LogP contribution in [0.1, 0.15) is 24.4 Å². The van der Waals surface area contributed by atoms with Crippen LogP contribution >= 0.6 is 15.9 Å². The molecule has 0 bridgehead atoms. The Morgan fingerprint density at radius 1 is 1.55 bits per heavy atom. The zero-order valence-electron chi connectivity index (χ0n) is 10.6. The molecule has 2 saturated carbocycles. The molecule has 1 heterocycles. The molecule has 108 valence electrons. The number of H-pyrrole nitrogens is 1. The van der Waals surface area contributed by atoms with E-state index in [0.29, 0.717) is 18.4 Å². The highest BCUT2D eigenvalue weighted by Gasteiger charge is 2.67. The number of rotatable bonds is 3. The number of hydrogen-bond acceptors (Lipinski definition) is 4. The van der Waals surface area contributed by atoms with E-state index in [2.05, 4.69) is 20.9 Å². The Hall–Kier alpha value is -1.18. The van der Waals surface area contributed by atoms with Gasteiger partial charge in [0.15, 0.2) is 0 Å². The van der Waals surface area contributed by atoms with E-state index in [1.165, 1.54) is 10.8 Å². The van der Waals surface area contributed by atoms with Gasteiger partial charge in [-0.25, -0.2) is 4.79 Å². The molecule has 2 aliphatic carbocycles. The number of nitrogens with zero attached hydrogens (tertiary/aromatic N) is 1. The van der Waals surface area contributed by atoms with Crippen LogP contribution in [0.15, 0.2) is 20.8 Å². The third-order valence-electron chi connectivity index (χ3n) is 4.66. The van der Waals surface area contributed by atoms with Gasteiger partial charge < -0.3 is 10.2 Å². The molecule has 6 nitrogen and oxygen atoms in total. The molecule has 0 radical (unpaired) electrons. The number of aromatic amines is 1. The maximum Gasteiger partial charge on any atom is 0.328 e. The average Bonchev–Trinajstić information content (AvgIpc) is 3.09. The van der Waals surface area contributed by atoms with Gasteiger partial charge in [-0.2, -0.15) is 0 Å². The van der Waals surface area contributed by atoms with Gasteiger partial charge in [-0.1, -0.05) is 15.9 Å². The van der Waals surface area contributed by atoms with E-state index in [0.717, 1.165) is 0 Å². The summed E-state index contributed by atoms with van der Waals surface area (Å²) in [5.74, 6) is 0.0897. The molecule has 3 rings (SSSR count). The Kier molecular flexibility index (Phi) is 3.23.